The molecule has 1 rings (SSSR count). The highest BCUT2D eigenvalue weighted by Gasteiger charge is 2.15. The molecule has 0 spiro atoms. The summed E-state index contributed by atoms with van der Waals surface area (Å²) >= 11 is 0. The summed E-state index contributed by atoms with van der Waals surface area (Å²) in [6.07, 6.45) is 10.4. The van der Waals surface area contributed by atoms with Crippen LogP contribution in [0.5, 0.6) is 0 Å². The minimum Gasteiger partial charge on any atom is -0.396 e. The Balaban J connectivity index is 2.16. The molecule has 0 saturated carbocycles. The molecule has 88 valence electrons. The van der Waals surface area contributed by atoms with E-state index in [0.717, 1.165) is 32.3 Å². The third-order valence-corrected chi connectivity index (χ3v) is 3.21. The third kappa shape index (κ3) is 5.33. The third-order valence-electron chi connectivity index (χ3n) is 3.21. The summed E-state index contributed by atoms with van der Waals surface area (Å²) in [6.45, 7) is 5.00. The lowest BCUT2D eigenvalue weighted by Gasteiger charge is -2.24. The zero-order valence-corrected chi connectivity index (χ0v) is 9.66. The Morgan fingerprint density at radius 2 is 2.27 bits per heavy atom. The lowest BCUT2D eigenvalue weighted by Crippen LogP contribution is -2.20. The number of ether oxygens (including phenoxy) is 1. The number of aliphatic hydroxyl groups is 1. The van der Waals surface area contributed by atoms with E-state index in [0.29, 0.717) is 18.6 Å². The Bertz CT molecular complexity index is 162. The van der Waals surface area contributed by atoms with Crippen molar-refractivity contribution in [2.75, 3.05) is 13.2 Å². The Hall–Kier alpha value is -0.340. The van der Waals surface area contributed by atoms with Crippen molar-refractivity contribution < 1.29 is 9.84 Å². The van der Waals surface area contributed by atoms with E-state index in [4.69, 9.17) is 9.84 Å². The summed E-state index contributed by atoms with van der Waals surface area (Å²) in [5.74, 6) is 0.595. The van der Waals surface area contributed by atoms with Crippen LogP contribution in [0.15, 0.2) is 12.7 Å². The molecule has 1 fully saturated rings. The summed E-state index contributed by atoms with van der Waals surface area (Å²) < 4.78 is 5.70. The lowest BCUT2D eigenvalue weighted by atomic mass is 9.93. The van der Waals surface area contributed by atoms with Gasteiger partial charge in [-0.2, -0.15) is 0 Å². The van der Waals surface area contributed by atoms with Crippen molar-refractivity contribution in [2.45, 2.75) is 51.0 Å². The van der Waals surface area contributed by atoms with Crippen molar-refractivity contribution in [3.63, 3.8) is 0 Å². The monoisotopic (exact) mass is 212 g/mol. The summed E-state index contributed by atoms with van der Waals surface area (Å²) in [6, 6.07) is 0. The van der Waals surface area contributed by atoms with E-state index in [-0.39, 0.29) is 0 Å². The molecule has 2 atom stereocenters. The molecule has 0 amide bonds. The molecule has 0 radical (unpaired) electrons. The zero-order valence-electron chi connectivity index (χ0n) is 9.66. The number of rotatable bonds is 7. The van der Waals surface area contributed by atoms with Crippen LogP contribution in [0.4, 0.5) is 0 Å². The highest BCUT2D eigenvalue weighted by Crippen LogP contribution is 2.22. The molecule has 1 saturated heterocycles. The van der Waals surface area contributed by atoms with Crippen LogP contribution in [-0.4, -0.2) is 24.4 Å². The van der Waals surface area contributed by atoms with Gasteiger partial charge in [-0.1, -0.05) is 6.08 Å². The number of hydrogen-bond acceptors (Lipinski definition) is 2. The molecule has 1 aliphatic rings. The number of hydrogen-bond donors (Lipinski definition) is 1. The van der Waals surface area contributed by atoms with Gasteiger partial charge in [-0.3, -0.25) is 0 Å². The molecular formula is C13H24O2. The molecule has 2 unspecified atom stereocenters. The normalized spacial score (nSPS) is 23.7. The topological polar surface area (TPSA) is 29.5 Å². The quantitative estimate of drug-likeness (QED) is 0.657. The highest BCUT2D eigenvalue weighted by atomic mass is 16.5. The van der Waals surface area contributed by atoms with Crippen molar-refractivity contribution in [3.05, 3.63) is 12.7 Å². The maximum atomic E-state index is 8.93. The first-order valence-corrected chi connectivity index (χ1v) is 6.20. The Kier molecular flexibility index (Phi) is 6.69. The van der Waals surface area contributed by atoms with E-state index in [1.54, 1.807) is 0 Å². The van der Waals surface area contributed by atoms with Gasteiger partial charge in [0.25, 0.3) is 0 Å². The largest absolute Gasteiger partial charge is 0.396 e. The first-order valence-electron chi connectivity index (χ1n) is 6.20. The van der Waals surface area contributed by atoms with Crippen molar-refractivity contribution in [3.8, 4) is 0 Å². The second-order valence-electron chi connectivity index (χ2n) is 4.47. The molecule has 0 aromatic heterocycles. The fourth-order valence-corrected chi connectivity index (χ4v) is 2.25. The second kappa shape index (κ2) is 7.89. The van der Waals surface area contributed by atoms with E-state index in [1.807, 2.05) is 6.08 Å². The Labute approximate surface area is 93.3 Å². The molecule has 2 nitrogen and oxygen atoms in total. The molecule has 0 aliphatic carbocycles. The minimum absolute atomic E-state index is 0.296. The van der Waals surface area contributed by atoms with E-state index >= 15 is 0 Å². The molecule has 0 bridgehead atoms. The Morgan fingerprint density at radius 1 is 1.40 bits per heavy atom. The fraction of sp³-hybridized carbons (Fsp3) is 0.846. The van der Waals surface area contributed by atoms with Crippen molar-refractivity contribution in [1.29, 1.82) is 0 Å². The van der Waals surface area contributed by atoms with Crippen LogP contribution < -0.4 is 0 Å². The van der Waals surface area contributed by atoms with Crippen LogP contribution in [0.3, 0.4) is 0 Å². The van der Waals surface area contributed by atoms with Crippen molar-refractivity contribution >= 4 is 0 Å². The maximum absolute atomic E-state index is 8.93. The van der Waals surface area contributed by atoms with Crippen LogP contribution in [0.2, 0.25) is 0 Å². The van der Waals surface area contributed by atoms with Gasteiger partial charge < -0.3 is 9.84 Å². The minimum atomic E-state index is 0.296. The molecule has 0 aromatic carbocycles. The SMILES string of the molecule is C=CCC(CCO)CCC1CCCCO1. The van der Waals surface area contributed by atoms with Crippen molar-refractivity contribution in [1.82, 2.24) is 0 Å². The van der Waals surface area contributed by atoms with Gasteiger partial charge in [0.1, 0.15) is 0 Å². The van der Waals surface area contributed by atoms with Crippen LogP contribution in [0.1, 0.15) is 44.9 Å². The second-order valence-corrected chi connectivity index (χ2v) is 4.47. The van der Waals surface area contributed by atoms with Crippen LogP contribution in [0.25, 0.3) is 0 Å². The van der Waals surface area contributed by atoms with Crippen LogP contribution >= 0.6 is 0 Å². The summed E-state index contributed by atoms with van der Waals surface area (Å²) in [4.78, 5) is 0. The first kappa shape index (κ1) is 12.7. The zero-order chi connectivity index (χ0) is 10.9. The van der Waals surface area contributed by atoms with Crippen LogP contribution in [-0.2, 0) is 4.74 Å². The van der Waals surface area contributed by atoms with E-state index < -0.39 is 0 Å². The summed E-state index contributed by atoms with van der Waals surface area (Å²) in [5.41, 5.74) is 0. The summed E-state index contributed by atoms with van der Waals surface area (Å²) in [5, 5.41) is 8.93. The standard InChI is InChI=1S/C13H24O2/c1-2-5-12(9-10-14)7-8-13-6-3-4-11-15-13/h2,12-14H,1,3-11H2. The van der Waals surface area contributed by atoms with E-state index in [1.165, 1.54) is 19.3 Å². The van der Waals surface area contributed by atoms with Gasteiger partial charge in [-0.15, -0.1) is 6.58 Å². The molecule has 1 heterocycles. The molecule has 1 aliphatic heterocycles. The van der Waals surface area contributed by atoms with Crippen molar-refractivity contribution in [2.24, 2.45) is 5.92 Å². The van der Waals surface area contributed by atoms with E-state index in [2.05, 4.69) is 6.58 Å². The van der Waals surface area contributed by atoms with Crippen LogP contribution in [0, 0.1) is 5.92 Å². The van der Waals surface area contributed by atoms with Gasteiger partial charge >= 0.3 is 0 Å². The Morgan fingerprint density at radius 3 is 2.87 bits per heavy atom. The maximum Gasteiger partial charge on any atom is 0.0575 e. The number of aliphatic hydroxyl groups excluding tert-OH is 1. The average Bonchev–Trinajstić information content (AvgIpc) is 2.28. The van der Waals surface area contributed by atoms with Gasteiger partial charge in [0.05, 0.1) is 6.10 Å². The average molecular weight is 212 g/mol. The van der Waals surface area contributed by atoms with Gasteiger partial charge in [-0.05, 0) is 50.9 Å². The van der Waals surface area contributed by atoms with E-state index in [9.17, 15) is 0 Å². The van der Waals surface area contributed by atoms with Gasteiger partial charge in [0.2, 0.25) is 0 Å². The smallest absolute Gasteiger partial charge is 0.0575 e. The predicted octanol–water partition coefficient (Wildman–Crippen LogP) is 2.91. The van der Waals surface area contributed by atoms with Gasteiger partial charge in [-0.25, -0.2) is 0 Å². The first-order chi connectivity index (χ1) is 7.36. The molecule has 2 heteroatoms. The molecule has 15 heavy (non-hydrogen) atoms. The fourth-order valence-electron chi connectivity index (χ4n) is 2.25. The lowest BCUT2D eigenvalue weighted by molar-refractivity contribution is 0.00708. The molecular weight excluding hydrogens is 188 g/mol. The summed E-state index contributed by atoms with van der Waals surface area (Å²) in [7, 11) is 0. The highest BCUT2D eigenvalue weighted by molar-refractivity contribution is 4.75. The van der Waals surface area contributed by atoms with Gasteiger partial charge in [0.15, 0.2) is 0 Å². The number of allylic oxidation sites excluding steroid dienone is 1. The molecule has 0 aromatic rings. The predicted molar refractivity (Wildman–Crippen MR) is 62.8 cm³/mol. The van der Waals surface area contributed by atoms with Gasteiger partial charge in [0, 0.05) is 13.2 Å². The molecule has 1 N–H and O–H groups in total.